The number of ether oxygens (including phenoxy) is 2. The minimum atomic E-state index is -3.67. The van der Waals surface area contributed by atoms with Crippen LogP contribution in [0.25, 0.3) is 0 Å². The van der Waals surface area contributed by atoms with Crippen LogP contribution >= 0.6 is 39.1 Å². The Labute approximate surface area is 212 Å². The van der Waals surface area contributed by atoms with Crippen LogP contribution in [0.1, 0.15) is 16.7 Å². The average Bonchev–Trinajstić information content (AvgIpc) is 2.78. The Morgan fingerprint density at radius 3 is 2.30 bits per heavy atom. The van der Waals surface area contributed by atoms with Crippen molar-refractivity contribution in [1.29, 1.82) is 0 Å². The summed E-state index contributed by atoms with van der Waals surface area (Å²) in [6.07, 6.45) is 0.741. The molecule has 0 aromatic heterocycles. The van der Waals surface area contributed by atoms with Gasteiger partial charge >= 0.3 is 0 Å². The van der Waals surface area contributed by atoms with E-state index in [1.54, 1.807) is 31.4 Å². The summed E-state index contributed by atoms with van der Waals surface area (Å²) in [6.45, 7) is 1.64. The number of methoxy groups -OCH3 is 1. The van der Waals surface area contributed by atoms with E-state index in [4.69, 9.17) is 37.8 Å². The first-order valence-corrected chi connectivity index (χ1v) is 13.0. The molecule has 33 heavy (non-hydrogen) atoms. The van der Waals surface area contributed by atoms with Gasteiger partial charge in [-0.25, -0.2) is 13.6 Å². The predicted octanol–water partition coefficient (Wildman–Crippen LogP) is 5.32. The van der Waals surface area contributed by atoms with Crippen molar-refractivity contribution in [1.82, 2.24) is 5.32 Å². The number of nitrogens with two attached hydrogens (primary N) is 1. The molecule has 3 N–H and O–H groups in total. The Hall–Kier alpha value is -1.81. The van der Waals surface area contributed by atoms with E-state index in [-0.39, 0.29) is 4.90 Å². The van der Waals surface area contributed by atoms with Gasteiger partial charge in [0, 0.05) is 11.0 Å². The molecule has 3 rings (SSSR count). The SMILES string of the molecule is COc1cc(CNCCc2ccc(S(N)(=O)=O)cc2)c(Br)cc1OCc1ccc(Cl)c(Cl)c1. The van der Waals surface area contributed by atoms with Gasteiger partial charge in [0.1, 0.15) is 6.61 Å². The normalized spacial score (nSPS) is 11.4. The smallest absolute Gasteiger partial charge is 0.238 e. The fourth-order valence-electron chi connectivity index (χ4n) is 3.08. The summed E-state index contributed by atoms with van der Waals surface area (Å²) in [7, 11) is -2.08. The topological polar surface area (TPSA) is 90.6 Å². The monoisotopic (exact) mass is 572 g/mol. The maximum atomic E-state index is 11.3. The highest BCUT2D eigenvalue weighted by atomic mass is 79.9. The Kier molecular flexibility index (Phi) is 9.03. The lowest BCUT2D eigenvalue weighted by Crippen LogP contribution is -2.17. The van der Waals surface area contributed by atoms with Crippen LogP contribution in [-0.4, -0.2) is 22.1 Å². The number of benzene rings is 3. The van der Waals surface area contributed by atoms with E-state index in [0.29, 0.717) is 41.2 Å². The van der Waals surface area contributed by atoms with Crippen molar-refractivity contribution in [2.24, 2.45) is 5.14 Å². The number of hydrogen-bond acceptors (Lipinski definition) is 5. The lowest BCUT2D eigenvalue weighted by atomic mass is 10.1. The molecule has 0 aliphatic carbocycles. The number of primary sulfonamides is 1. The molecule has 0 atom stereocenters. The fourth-order valence-corrected chi connectivity index (χ4v) is 4.38. The van der Waals surface area contributed by atoms with Gasteiger partial charge in [-0.1, -0.05) is 57.3 Å². The van der Waals surface area contributed by atoms with E-state index < -0.39 is 10.0 Å². The third kappa shape index (κ3) is 7.34. The first kappa shape index (κ1) is 25.8. The number of rotatable bonds is 10. The minimum absolute atomic E-state index is 0.108. The lowest BCUT2D eigenvalue weighted by Gasteiger charge is -2.15. The third-order valence-corrected chi connectivity index (χ3v) is 7.28. The van der Waals surface area contributed by atoms with E-state index in [1.165, 1.54) is 12.1 Å². The van der Waals surface area contributed by atoms with Gasteiger partial charge in [0.2, 0.25) is 10.0 Å². The van der Waals surface area contributed by atoms with Crippen LogP contribution in [0.3, 0.4) is 0 Å². The van der Waals surface area contributed by atoms with Crippen molar-refractivity contribution in [3.05, 3.63) is 85.8 Å². The molecule has 10 heteroatoms. The summed E-state index contributed by atoms with van der Waals surface area (Å²) in [5.41, 5.74) is 2.92. The maximum absolute atomic E-state index is 11.3. The lowest BCUT2D eigenvalue weighted by molar-refractivity contribution is 0.284. The molecule has 0 spiro atoms. The van der Waals surface area contributed by atoms with Crippen molar-refractivity contribution in [2.75, 3.05) is 13.7 Å². The molecule has 0 heterocycles. The van der Waals surface area contributed by atoms with E-state index in [9.17, 15) is 8.42 Å². The van der Waals surface area contributed by atoms with Gasteiger partial charge in [-0.15, -0.1) is 0 Å². The van der Waals surface area contributed by atoms with Gasteiger partial charge in [0.15, 0.2) is 11.5 Å². The molecule has 0 aliphatic heterocycles. The molecule has 0 radical (unpaired) electrons. The second-order valence-corrected chi connectivity index (χ2v) is 10.5. The summed E-state index contributed by atoms with van der Waals surface area (Å²) < 4.78 is 35.0. The van der Waals surface area contributed by atoms with Crippen molar-refractivity contribution >= 4 is 49.2 Å². The summed E-state index contributed by atoms with van der Waals surface area (Å²) in [5, 5.41) is 9.48. The van der Waals surface area contributed by atoms with Crippen LogP contribution in [0.15, 0.2) is 64.0 Å². The zero-order valence-corrected chi connectivity index (χ0v) is 21.7. The van der Waals surface area contributed by atoms with Crippen molar-refractivity contribution in [3.63, 3.8) is 0 Å². The van der Waals surface area contributed by atoms with Crippen LogP contribution in [0.4, 0.5) is 0 Å². The molecule has 6 nitrogen and oxygen atoms in total. The molecule has 0 aliphatic rings. The Morgan fingerprint density at radius 2 is 1.67 bits per heavy atom. The van der Waals surface area contributed by atoms with Crippen LogP contribution in [0, 0.1) is 0 Å². The molecule has 0 amide bonds. The fraction of sp³-hybridized carbons (Fsp3) is 0.217. The highest BCUT2D eigenvalue weighted by Gasteiger charge is 2.12. The van der Waals surface area contributed by atoms with Crippen LogP contribution in [0.2, 0.25) is 10.0 Å². The largest absolute Gasteiger partial charge is 0.493 e. The van der Waals surface area contributed by atoms with Crippen molar-refractivity contribution in [3.8, 4) is 11.5 Å². The first-order chi connectivity index (χ1) is 15.7. The standard InChI is InChI=1S/C23H23BrCl2N2O4S/c1-31-22-11-17(13-28-9-8-15-2-5-18(6-3-15)33(27,29)30)19(24)12-23(22)32-14-16-4-7-20(25)21(26)10-16/h2-7,10-12,28H,8-9,13-14H2,1H3,(H2,27,29,30). The summed E-state index contributed by atoms with van der Waals surface area (Å²) in [4.78, 5) is 0.108. The Balaban J connectivity index is 1.57. The molecule has 0 saturated heterocycles. The van der Waals surface area contributed by atoms with Gasteiger partial charge in [-0.3, -0.25) is 0 Å². The molecule has 0 unspecified atom stereocenters. The minimum Gasteiger partial charge on any atom is -0.493 e. The summed E-state index contributed by atoms with van der Waals surface area (Å²) in [6, 6.07) is 15.7. The third-order valence-electron chi connectivity index (χ3n) is 4.87. The zero-order valence-electron chi connectivity index (χ0n) is 17.8. The molecule has 0 fully saturated rings. The quantitative estimate of drug-likeness (QED) is 0.320. The maximum Gasteiger partial charge on any atom is 0.238 e. The van der Waals surface area contributed by atoms with Gasteiger partial charge in [-0.05, 0) is 66.1 Å². The van der Waals surface area contributed by atoms with Crippen LogP contribution in [-0.2, 0) is 29.6 Å². The number of nitrogens with one attached hydrogen (secondary N) is 1. The molecule has 0 saturated carbocycles. The molecule has 0 bridgehead atoms. The van der Waals surface area contributed by atoms with Gasteiger partial charge in [-0.2, -0.15) is 0 Å². The first-order valence-electron chi connectivity index (χ1n) is 9.93. The molecule has 3 aromatic rings. The van der Waals surface area contributed by atoms with Crippen molar-refractivity contribution < 1.29 is 17.9 Å². The number of sulfonamides is 1. The van der Waals surface area contributed by atoms with Gasteiger partial charge in [0.05, 0.1) is 22.1 Å². The van der Waals surface area contributed by atoms with E-state index in [0.717, 1.165) is 27.6 Å². The van der Waals surface area contributed by atoms with E-state index in [2.05, 4.69) is 21.2 Å². The zero-order chi connectivity index (χ0) is 24.0. The molecular weight excluding hydrogens is 551 g/mol. The van der Waals surface area contributed by atoms with E-state index in [1.807, 2.05) is 18.2 Å². The van der Waals surface area contributed by atoms with Crippen LogP contribution in [0.5, 0.6) is 11.5 Å². The predicted molar refractivity (Wildman–Crippen MR) is 135 cm³/mol. The molecule has 3 aromatic carbocycles. The second kappa shape index (κ2) is 11.6. The molecule has 176 valence electrons. The average molecular weight is 574 g/mol. The van der Waals surface area contributed by atoms with Crippen LogP contribution < -0.4 is 19.9 Å². The highest BCUT2D eigenvalue weighted by molar-refractivity contribution is 9.10. The number of halogens is 3. The Bertz CT molecular complexity index is 1220. The number of hydrogen-bond donors (Lipinski definition) is 2. The Morgan fingerprint density at radius 1 is 0.970 bits per heavy atom. The summed E-state index contributed by atoms with van der Waals surface area (Å²) >= 11 is 15.6. The van der Waals surface area contributed by atoms with E-state index >= 15 is 0 Å². The van der Waals surface area contributed by atoms with Gasteiger partial charge in [0.25, 0.3) is 0 Å². The highest BCUT2D eigenvalue weighted by Crippen LogP contribution is 2.34. The van der Waals surface area contributed by atoms with Gasteiger partial charge < -0.3 is 14.8 Å². The molecular formula is C23H23BrCl2N2O4S. The second-order valence-electron chi connectivity index (χ2n) is 7.25. The summed E-state index contributed by atoms with van der Waals surface area (Å²) in [5.74, 6) is 1.22. The van der Waals surface area contributed by atoms with Crippen molar-refractivity contribution in [2.45, 2.75) is 24.5 Å².